The van der Waals surface area contributed by atoms with E-state index in [4.69, 9.17) is 17.0 Å². The number of carbonyl (C=O) groups is 2. The molecular weight excluding hydrogens is 406 g/mol. The van der Waals surface area contributed by atoms with Crippen molar-refractivity contribution in [1.29, 1.82) is 0 Å². The summed E-state index contributed by atoms with van der Waals surface area (Å²) >= 11 is 5.01. The van der Waals surface area contributed by atoms with Gasteiger partial charge in [-0.2, -0.15) is 0 Å². The summed E-state index contributed by atoms with van der Waals surface area (Å²) in [5, 5.41) is 16.0. The maximum atomic E-state index is 11.9. The second-order valence-corrected chi connectivity index (χ2v) is 6.85. The molecule has 0 saturated carbocycles. The lowest BCUT2D eigenvalue weighted by Gasteiger charge is -2.10. The first kappa shape index (κ1) is 23.0. The second kappa shape index (κ2) is 12.3. The van der Waals surface area contributed by atoms with Gasteiger partial charge in [-0.3, -0.25) is 19.7 Å². The molecule has 0 fully saturated rings. The number of benzene rings is 2. The monoisotopic (exact) mass is 429 g/mol. The molecule has 0 unspecified atom stereocenters. The van der Waals surface area contributed by atoms with E-state index in [9.17, 15) is 19.7 Å². The molecule has 30 heavy (non-hydrogen) atoms. The van der Waals surface area contributed by atoms with Gasteiger partial charge < -0.3 is 15.4 Å². The molecular formula is C21H23N3O5S. The molecule has 0 aliphatic heterocycles. The summed E-state index contributed by atoms with van der Waals surface area (Å²) in [7, 11) is 0. The number of amides is 1. The smallest absolute Gasteiger partial charge is 0.305 e. The van der Waals surface area contributed by atoms with Gasteiger partial charge in [0.05, 0.1) is 11.5 Å². The standard InChI is InChI=1S/C21H23N3O5S/c25-19(23-21(30)22-17-11-4-5-12-18(17)24(27)28)13-6-14-20(26)29-15-7-10-16-8-2-1-3-9-16/h1-5,8-9,11-12H,6-7,10,13-15H2,(H2,22,23,25,30). The Kier molecular flexibility index (Phi) is 9.39. The van der Waals surface area contributed by atoms with Crippen LogP contribution in [-0.2, 0) is 20.7 Å². The number of carbonyl (C=O) groups excluding carboxylic acids is 2. The van der Waals surface area contributed by atoms with E-state index in [0.717, 1.165) is 12.8 Å². The zero-order valence-electron chi connectivity index (χ0n) is 16.3. The van der Waals surface area contributed by atoms with Crippen molar-refractivity contribution in [2.45, 2.75) is 32.1 Å². The molecule has 0 radical (unpaired) electrons. The van der Waals surface area contributed by atoms with Crippen LogP contribution in [0.2, 0.25) is 0 Å². The van der Waals surface area contributed by atoms with E-state index in [1.165, 1.54) is 23.8 Å². The molecule has 2 aromatic rings. The van der Waals surface area contributed by atoms with E-state index < -0.39 is 4.92 Å². The number of rotatable bonds is 10. The van der Waals surface area contributed by atoms with Crippen LogP contribution in [0.25, 0.3) is 0 Å². The zero-order valence-corrected chi connectivity index (χ0v) is 17.2. The lowest BCUT2D eigenvalue weighted by Crippen LogP contribution is -2.34. The molecule has 0 heterocycles. The molecule has 0 atom stereocenters. The topological polar surface area (TPSA) is 111 Å². The van der Waals surface area contributed by atoms with Gasteiger partial charge in [0.25, 0.3) is 5.69 Å². The fraction of sp³-hybridized carbons (Fsp3) is 0.286. The Morgan fingerprint density at radius 3 is 2.43 bits per heavy atom. The van der Waals surface area contributed by atoms with Crippen LogP contribution in [-0.4, -0.2) is 28.5 Å². The minimum atomic E-state index is -0.543. The SMILES string of the molecule is O=C(CCCC(=O)OCCCc1ccccc1)NC(=S)Nc1ccccc1[N+](=O)[O-]. The van der Waals surface area contributed by atoms with Crippen molar-refractivity contribution < 1.29 is 19.2 Å². The molecule has 2 N–H and O–H groups in total. The summed E-state index contributed by atoms with van der Waals surface area (Å²) in [6, 6.07) is 15.9. The highest BCUT2D eigenvalue weighted by Crippen LogP contribution is 2.22. The average Bonchev–Trinajstić information content (AvgIpc) is 2.72. The molecule has 0 aromatic heterocycles. The van der Waals surface area contributed by atoms with E-state index in [1.807, 2.05) is 30.3 Å². The van der Waals surface area contributed by atoms with Gasteiger partial charge in [-0.15, -0.1) is 0 Å². The molecule has 2 aromatic carbocycles. The maximum absolute atomic E-state index is 11.9. The van der Waals surface area contributed by atoms with Crippen LogP contribution in [0, 0.1) is 10.1 Å². The number of para-hydroxylation sites is 2. The third kappa shape index (κ3) is 8.36. The Labute approximate surface area is 179 Å². The first-order chi connectivity index (χ1) is 14.5. The number of esters is 1. The molecule has 0 aliphatic rings. The number of aryl methyl sites for hydroxylation is 1. The van der Waals surface area contributed by atoms with Crippen LogP contribution in [0.5, 0.6) is 0 Å². The summed E-state index contributed by atoms with van der Waals surface area (Å²) in [6.45, 7) is 0.337. The van der Waals surface area contributed by atoms with Crippen molar-refractivity contribution in [2.24, 2.45) is 0 Å². The van der Waals surface area contributed by atoms with Crippen molar-refractivity contribution in [2.75, 3.05) is 11.9 Å². The normalized spacial score (nSPS) is 10.1. The number of anilines is 1. The van der Waals surface area contributed by atoms with Crippen molar-refractivity contribution in [1.82, 2.24) is 5.32 Å². The number of ether oxygens (including phenoxy) is 1. The van der Waals surface area contributed by atoms with E-state index >= 15 is 0 Å². The van der Waals surface area contributed by atoms with Crippen molar-refractivity contribution in [3.63, 3.8) is 0 Å². The predicted molar refractivity (Wildman–Crippen MR) is 117 cm³/mol. The number of hydrogen-bond acceptors (Lipinski definition) is 6. The van der Waals surface area contributed by atoms with Gasteiger partial charge in [0.1, 0.15) is 5.69 Å². The number of hydrogen-bond donors (Lipinski definition) is 2. The van der Waals surface area contributed by atoms with Crippen LogP contribution in [0.3, 0.4) is 0 Å². The highest BCUT2D eigenvalue weighted by molar-refractivity contribution is 7.80. The summed E-state index contributed by atoms with van der Waals surface area (Å²) in [4.78, 5) is 34.1. The Morgan fingerprint density at radius 1 is 1.00 bits per heavy atom. The van der Waals surface area contributed by atoms with E-state index in [2.05, 4.69) is 10.6 Å². The lowest BCUT2D eigenvalue weighted by molar-refractivity contribution is -0.383. The third-order valence-electron chi connectivity index (χ3n) is 4.10. The van der Waals surface area contributed by atoms with Gasteiger partial charge in [-0.1, -0.05) is 42.5 Å². The number of nitrogens with one attached hydrogen (secondary N) is 2. The largest absolute Gasteiger partial charge is 0.466 e. The van der Waals surface area contributed by atoms with Crippen molar-refractivity contribution in [3.8, 4) is 0 Å². The Balaban J connectivity index is 1.60. The number of nitrogens with zero attached hydrogens (tertiary/aromatic N) is 1. The molecule has 158 valence electrons. The van der Waals surface area contributed by atoms with Gasteiger partial charge in [0, 0.05) is 18.9 Å². The molecule has 0 saturated heterocycles. The molecule has 8 nitrogen and oxygen atoms in total. The van der Waals surface area contributed by atoms with Crippen LogP contribution in [0.4, 0.5) is 11.4 Å². The van der Waals surface area contributed by atoms with Crippen molar-refractivity contribution in [3.05, 3.63) is 70.3 Å². The average molecular weight is 429 g/mol. The van der Waals surface area contributed by atoms with Crippen LogP contribution >= 0.6 is 12.2 Å². The second-order valence-electron chi connectivity index (χ2n) is 6.44. The fourth-order valence-electron chi connectivity index (χ4n) is 2.65. The van der Waals surface area contributed by atoms with Crippen LogP contribution in [0.15, 0.2) is 54.6 Å². The van der Waals surface area contributed by atoms with Crippen molar-refractivity contribution >= 4 is 40.6 Å². The Morgan fingerprint density at radius 2 is 1.70 bits per heavy atom. The van der Waals surface area contributed by atoms with E-state index in [0.29, 0.717) is 13.0 Å². The fourth-order valence-corrected chi connectivity index (χ4v) is 2.88. The Hall–Kier alpha value is -3.33. The maximum Gasteiger partial charge on any atom is 0.305 e. The Bertz CT molecular complexity index is 889. The quantitative estimate of drug-likeness (QED) is 0.194. The first-order valence-corrected chi connectivity index (χ1v) is 9.90. The minimum absolute atomic E-state index is 0.0437. The van der Waals surface area contributed by atoms with Gasteiger partial charge in [-0.05, 0) is 43.1 Å². The molecule has 0 aliphatic carbocycles. The number of thiocarbonyl (C=S) groups is 1. The number of nitro benzene ring substituents is 1. The highest BCUT2D eigenvalue weighted by atomic mass is 32.1. The number of nitro groups is 1. The highest BCUT2D eigenvalue weighted by Gasteiger charge is 2.14. The zero-order chi connectivity index (χ0) is 21.8. The van der Waals surface area contributed by atoms with Gasteiger partial charge >= 0.3 is 5.97 Å². The molecule has 9 heteroatoms. The first-order valence-electron chi connectivity index (χ1n) is 9.49. The summed E-state index contributed by atoms with van der Waals surface area (Å²) < 4.78 is 5.17. The van der Waals surface area contributed by atoms with Crippen LogP contribution in [0.1, 0.15) is 31.2 Å². The van der Waals surface area contributed by atoms with Gasteiger partial charge in [0.2, 0.25) is 5.91 Å². The van der Waals surface area contributed by atoms with E-state index in [-0.39, 0.29) is 41.2 Å². The van der Waals surface area contributed by atoms with Gasteiger partial charge in [0.15, 0.2) is 5.11 Å². The summed E-state index contributed by atoms with van der Waals surface area (Å²) in [5.74, 6) is -0.737. The van der Waals surface area contributed by atoms with E-state index in [1.54, 1.807) is 6.07 Å². The summed E-state index contributed by atoms with van der Waals surface area (Å²) in [6.07, 6.45) is 2.10. The molecule has 1 amide bonds. The summed E-state index contributed by atoms with van der Waals surface area (Å²) in [5.41, 5.74) is 1.23. The molecule has 2 rings (SSSR count). The van der Waals surface area contributed by atoms with Gasteiger partial charge in [-0.25, -0.2) is 0 Å². The lowest BCUT2D eigenvalue weighted by atomic mass is 10.1. The molecule has 0 spiro atoms. The third-order valence-corrected chi connectivity index (χ3v) is 4.31. The predicted octanol–water partition coefficient (Wildman–Crippen LogP) is 3.75. The minimum Gasteiger partial charge on any atom is -0.466 e. The van der Waals surface area contributed by atoms with Crippen LogP contribution < -0.4 is 10.6 Å². The molecule has 0 bridgehead atoms.